The minimum Gasteiger partial charge on any atom is -0.496 e. The Bertz CT molecular complexity index is 872. The molecule has 0 amide bonds. The molecule has 0 spiro atoms. The second kappa shape index (κ2) is 6.13. The normalized spacial score (nSPS) is 15.0. The minimum absolute atomic E-state index is 0.313. The van der Waals surface area contributed by atoms with Crippen molar-refractivity contribution in [3.05, 3.63) is 42.7 Å². The van der Waals surface area contributed by atoms with Crippen molar-refractivity contribution in [1.29, 1.82) is 0 Å². The molecule has 4 rings (SSSR count). The van der Waals surface area contributed by atoms with Crippen LogP contribution in [0.4, 0.5) is 10.2 Å². The number of hydrogen-bond acceptors (Lipinski definition) is 4. The van der Waals surface area contributed by atoms with Gasteiger partial charge in [-0.2, -0.15) is 4.79 Å². The lowest BCUT2D eigenvalue weighted by molar-refractivity contribution is 0.122. The monoisotopic (exact) mass is 327 g/mol. The van der Waals surface area contributed by atoms with Gasteiger partial charge in [-0.1, -0.05) is 22.7 Å². The van der Waals surface area contributed by atoms with E-state index in [1.165, 1.54) is 6.20 Å². The summed E-state index contributed by atoms with van der Waals surface area (Å²) in [4.78, 5) is 7.10. The van der Waals surface area contributed by atoms with E-state index < -0.39 is 0 Å². The zero-order chi connectivity index (χ0) is 16.5. The predicted molar refractivity (Wildman–Crippen MR) is 91.3 cm³/mol. The van der Waals surface area contributed by atoms with Crippen molar-refractivity contribution in [2.75, 3.05) is 38.3 Å². The molecule has 1 aromatic carbocycles. The number of hydrogen-bond donors (Lipinski definition) is 0. The van der Waals surface area contributed by atoms with Crippen molar-refractivity contribution in [2.45, 2.75) is 0 Å². The fourth-order valence-corrected chi connectivity index (χ4v) is 3.14. The Morgan fingerprint density at radius 1 is 1.17 bits per heavy atom. The molecule has 24 heavy (non-hydrogen) atoms. The first-order valence-electron chi connectivity index (χ1n) is 7.91. The Hall–Kier alpha value is -2.60. The highest BCUT2D eigenvalue weighted by atomic mass is 19.2. The number of benzene rings is 1. The summed E-state index contributed by atoms with van der Waals surface area (Å²) in [5, 5.41) is 0.769. The standard InChI is InChI=1S/C18H18FN3O2/c1-23-17-5-3-2-4-14(17)16-12-22(19)18-15(16)10-13(11-20-18)21-6-8-24-9-7-21/h2-5,10-12H,6-9H2,1H3. The number of nitrogens with zero attached hydrogens (tertiary/aromatic N) is 3. The molecule has 2 aromatic heterocycles. The van der Waals surface area contributed by atoms with E-state index >= 15 is 0 Å². The van der Waals surface area contributed by atoms with Crippen molar-refractivity contribution in [3.63, 3.8) is 0 Å². The number of anilines is 1. The van der Waals surface area contributed by atoms with Gasteiger partial charge in [0.1, 0.15) is 5.75 Å². The van der Waals surface area contributed by atoms with Crippen LogP contribution in [0.3, 0.4) is 0 Å². The quantitative estimate of drug-likeness (QED) is 0.740. The molecule has 0 radical (unpaired) electrons. The predicted octanol–water partition coefficient (Wildman–Crippen LogP) is 3.28. The minimum atomic E-state index is 0.313. The molecule has 1 aliphatic rings. The Balaban J connectivity index is 1.86. The zero-order valence-corrected chi connectivity index (χ0v) is 13.4. The number of aromatic nitrogens is 2. The summed E-state index contributed by atoms with van der Waals surface area (Å²) in [7, 11) is 1.62. The van der Waals surface area contributed by atoms with Gasteiger partial charge in [-0.3, -0.25) is 0 Å². The maximum atomic E-state index is 14.3. The summed E-state index contributed by atoms with van der Waals surface area (Å²) in [6.45, 7) is 3.02. The maximum absolute atomic E-state index is 14.3. The second-order valence-corrected chi connectivity index (χ2v) is 5.72. The van der Waals surface area contributed by atoms with Crippen LogP contribution in [0.2, 0.25) is 0 Å². The highest BCUT2D eigenvalue weighted by Crippen LogP contribution is 2.37. The van der Waals surface area contributed by atoms with Crippen molar-refractivity contribution in [1.82, 2.24) is 9.77 Å². The molecule has 0 bridgehead atoms. The van der Waals surface area contributed by atoms with E-state index in [1.54, 1.807) is 13.3 Å². The molecule has 0 saturated carbocycles. The molecule has 1 saturated heterocycles. The van der Waals surface area contributed by atoms with E-state index in [0.717, 1.165) is 35.3 Å². The molecule has 6 heteroatoms. The van der Waals surface area contributed by atoms with Gasteiger partial charge in [0.05, 0.1) is 32.2 Å². The topological polar surface area (TPSA) is 39.5 Å². The van der Waals surface area contributed by atoms with Crippen molar-refractivity contribution >= 4 is 16.7 Å². The lowest BCUT2D eigenvalue weighted by Crippen LogP contribution is -2.36. The van der Waals surface area contributed by atoms with Crippen molar-refractivity contribution in [3.8, 4) is 16.9 Å². The van der Waals surface area contributed by atoms with Crippen LogP contribution >= 0.6 is 0 Å². The summed E-state index contributed by atoms with van der Waals surface area (Å²) >= 11 is 0. The van der Waals surface area contributed by atoms with Gasteiger partial charge in [0.2, 0.25) is 0 Å². The van der Waals surface area contributed by atoms with Gasteiger partial charge in [-0.25, -0.2) is 4.98 Å². The molecule has 3 aromatic rings. The molecular formula is C18H18FN3O2. The molecule has 0 unspecified atom stereocenters. The van der Waals surface area contributed by atoms with Crippen LogP contribution in [0.15, 0.2) is 42.7 Å². The summed E-state index contributed by atoms with van der Waals surface area (Å²) in [6.07, 6.45) is 3.17. The first-order chi connectivity index (χ1) is 11.8. The van der Waals surface area contributed by atoms with Crippen LogP contribution < -0.4 is 9.64 Å². The average molecular weight is 327 g/mol. The Labute approximate surface area is 139 Å². The molecule has 1 aliphatic heterocycles. The number of ether oxygens (including phenoxy) is 2. The van der Waals surface area contributed by atoms with Gasteiger partial charge in [0.25, 0.3) is 0 Å². The number of halogens is 1. The van der Waals surface area contributed by atoms with Crippen LogP contribution in [0.1, 0.15) is 0 Å². The first-order valence-corrected chi connectivity index (χ1v) is 7.91. The lowest BCUT2D eigenvalue weighted by Gasteiger charge is -2.28. The Kier molecular flexibility index (Phi) is 3.82. The molecule has 3 heterocycles. The number of fused-ring (bicyclic) bond motifs is 1. The number of morpholine rings is 1. The number of pyridine rings is 1. The fraction of sp³-hybridized carbons (Fsp3) is 0.278. The van der Waals surface area contributed by atoms with Crippen LogP contribution in [0.25, 0.3) is 22.2 Å². The van der Waals surface area contributed by atoms with E-state index in [-0.39, 0.29) is 0 Å². The third-order valence-electron chi connectivity index (χ3n) is 4.36. The number of rotatable bonds is 3. The smallest absolute Gasteiger partial charge is 0.170 e. The second-order valence-electron chi connectivity index (χ2n) is 5.72. The van der Waals surface area contributed by atoms with E-state index in [0.29, 0.717) is 29.4 Å². The maximum Gasteiger partial charge on any atom is 0.170 e. The van der Waals surface area contributed by atoms with Gasteiger partial charge in [-0.05, 0) is 12.1 Å². The Morgan fingerprint density at radius 3 is 2.75 bits per heavy atom. The van der Waals surface area contributed by atoms with Gasteiger partial charge >= 0.3 is 0 Å². The van der Waals surface area contributed by atoms with Gasteiger partial charge in [0.15, 0.2) is 5.65 Å². The molecule has 124 valence electrons. The first kappa shape index (κ1) is 15.0. The van der Waals surface area contributed by atoms with E-state index in [9.17, 15) is 4.48 Å². The fourth-order valence-electron chi connectivity index (χ4n) is 3.14. The largest absolute Gasteiger partial charge is 0.496 e. The van der Waals surface area contributed by atoms with Gasteiger partial charge in [-0.15, -0.1) is 0 Å². The number of methoxy groups -OCH3 is 1. The number of para-hydroxylation sites is 1. The third kappa shape index (κ3) is 2.49. The van der Waals surface area contributed by atoms with Crippen molar-refractivity contribution in [2.24, 2.45) is 0 Å². The summed E-state index contributed by atoms with van der Waals surface area (Å²) < 4.78 is 25.1. The van der Waals surface area contributed by atoms with Crippen molar-refractivity contribution < 1.29 is 14.0 Å². The molecule has 0 aliphatic carbocycles. The molecule has 5 nitrogen and oxygen atoms in total. The summed E-state index contributed by atoms with van der Waals surface area (Å²) in [5.41, 5.74) is 2.91. The Morgan fingerprint density at radius 2 is 1.96 bits per heavy atom. The van der Waals surface area contributed by atoms with Gasteiger partial charge < -0.3 is 14.4 Å². The van der Waals surface area contributed by atoms with Crippen LogP contribution in [-0.2, 0) is 4.74 Å². The SMILES string of the molecule is COc1ccccc1-c1cn(F)c2ncc(N3CCOCC3)cc12. The third-order valence-corrected chi connectivity index (χ3v) is 4.36. The van der Waals surface area contributed by atoms with Crippen LogP contribution in [0, 0.1) is 0 Å². The zero-order valence-electron chi connectivity index (χ0n) is 13.4. The molecule has 0 N–H and O–H groups in total. The van der Waals surface area contributed by atoms with E-state index in [4.69, 9.17) is 9.47 Å². The van der Waals surface area contributed by atoms with E-state index in [2.05, 4.69) is 9.88 Å². The van der Waals surface area contributed by atoms with E-state index in [1.807, 2.05) is 30.3 Å². The van der Waals surface area contributed by atoms with Gasteiger partial charge in [0, 0.05) is 35.8 Å². The van der Waals surface area contributed by atoms with Crippen LogP contribution in [-0.4, -0.2) is 43.2 Å². The highest BCUT2D eigenvalue weighted by Gasteiger charge is 2.18. The highest BCUT2D eigenvalue weighted by molar-refractivity contribution is 5.97. The molecule has 1 fully saturated rings. The molecular weight excluding hydrogens is 309 g/mol. The summed E-state index contributed by atoms with van der Waals surface area (Å²) in [6, 6.07) is 9.60. The average Bonchev–Trinajstić information content (AvgIpc) is 2.98. The molecule has 0 atom stereocenters. The summed E-state index contributed by atoms with van der Waals surface area (Å²) in [5.74, 6) is 0.710. The lowest BCUT2D eigenvalue weighted by atomic mass is 10.0. The van der Waals surface area contributed by atoms with Crippen LogP contribution in [0.5, 0.6) is 5.75 Å².